The van der Waals surface area contributed by atoms with Gasteiger partial charge in [0.15, 0.2) is 0 Å². The zero-order valence-corrected chi connectivity index (χ0v) is 21.5. The van der Waals surface area contributed by atoms with Crippen molar-refractivity contribution in [3.63, 3.8) is 0 Å². The molecule has 0 aliphatic rings. The van der Waals surface area contributed by atoms with E-state index in [0.717, 1.165) is 38.5 Å². The Hall–Kier alpha value is -5.34. The molecule has 0 saturated heterocycles. The molecule has 40 heavy (non-hydrogen) atoms. The van der Waals surface area contributed by atoms with E-state index in [2.05, 4.69) is 109 Å². The van der Waals surface area contributed by atoms with Crippen LogP contribution in [0, 0.1) is 0 Å². The van der Waals surface area contributed by atoms with Crippen LogP contribution in [0.5, 0.6) is 0 Å². The van der Waals surface area contributed by atoms with Crippen molar-refractivity contribution in [1.29, 1.82) is 0 Å². The Morgan fingerprint density at radius 2 is 1.02 bits per heavy atom. The molecule has 0 bridgehead atoms. The molecule has 0 fully saturated rings. The normalized spacial score (nSPS) is 12.0. The molecule has 0 aliphatic heterocycles. The minimum atomic E-state index is 0.875. The first kappa shape index (κ1) is 21.6. The molecule has 0 radical (unpaired) electrons. The summed E-state index contributed by atoms with van der Waals surface area (Å²) in [6, 6.07) is 45.5. The standard InChI is InChI=1S/C38H22O2/c1-2-10-25-23(8-1)9-7-15-26(25)37-29-13-5-3-11-27(29)36(28-12-4-6-14-30(28)37)24-16-17-31-35(22-24)40-34-19-18-33-32(38(31)34)20-21-39-33/h1-22H. The largest absolute Gasteiger partial charge is 0.464 e. The average Bonchev–Trinajstić information content (AvgIpc) is 3.63. The van der Waals surface area contributed by atoms with Gasteiger partial charge in [0.2, 0.25) is 0 Å². The maximum absolute atomic E-state index is 6.42. The Morgan fingerprint density at radius 3 is 1.80 bits per heavy atom. The number of hydrogen-bond acceptors (Lipinski definition) is 2. The van der Waals surface area contributed by atoms with Crippen LogP contribution in [0.25, 0.3) is 87.5 Å². The lowest BCUT2D eigenvalue weighted by Gasteiger charge is -2.18. The minimum absolute atomic E-state index is 0.875. The van der Waals surface area contributed by atoms with Crippen molar-refractivity contribution in [3.8, 4) is 22.3 Å². The third kappa shape index (κ3) is 2.93. The number of benzene rings is 7. The van der Waals surface area contributed by atoms with Gasteiger partial charge in [-0.2, -0.15) is 0 Å². The molecular weight excluding hydrogens is 488 g/mol. The Bertz CT molecular complexity index is 2370. The van der Waals surface area contributed by atoms with Crippen LogP contribution >= 0.6 is 0 Å². The number of hydrogen-bond donors (Lipinski definition) is 0. The van der Waals surface area contributed by atoms with Gasteiger partial charge in [0.05, 0.1) is 6.26 Å². The van der Waals surface area contributed by atoms with Crippen molar-refractivity contribution in [3.05, 3.63) is 134 Å². The fourth-order valence-electron chi connectivity index (χ4n) is 6.65. The Balaban J connectivity index is 1.39. The van der Waals surface area contributed by atoms with Crippen LogP contribution < -0.4 is 0 Å². The SMILES string of the molecule is c1ccc2c(-c3c4ccccc4c(-c4ccc5c(c4)oc4ccc6occc6c45)c4ccccc34)cccc2c1. The van der Waals surface area contributed by atoms with Gasteiger partial charge in [0.1, 0.15) is 16.7 Å². The van der Waals surface area contributed by atoms with Gasteiger partial charge in [-0.15, -0.1) is 0 Å². The third-order valence-corrected chi connectivity index (χ3v) is 8.35. The van der Waals surface area contributed by atoms with Crippen molar-refractivity contribution in [2.24, 2.45) is 0 Å². The molecule has 0 unspecified atom stereocenters. The van der Waals surface area contributed by atoms with Crippen molar-refractivity contribution in [2.75, 3.05) is 0 Å². The summed E-state index contributed by atoms with van der Waals surface area (Å²) < 4.78 is 12.1. The van der Waals surface area contributed by atoms with Crippen LogP contribution in [-0.2, 0) is 0 Å². The average molecular weight is 511 g/mol. The van der Waals surface area contributed by atoms with E-state index in [0.29, 0.717) is 0 Å². The summed E-state index contributed by atoms with van der Waals surface area (Å²) in [4.78, 5) is 0. The van der Waals surface area contributed by atoms with Gasteiger partial charge >= 0.3 is 0 Å². The van der Waals surface area contributed by atoms with Gasteiger partial charge in [-0.3, -0.25) is 0 Å². The highest BCUT2D eigenvalue weighted by Crippen LogP contribution is 2.46. The molecule has 9 aromatic rings. The van der Waals surface area contributed by atoms with E-state index in [9.17, 15) is 0 Å². The van der Waals surface area contributed by atoms with Gasteiger partial charge < -0.3 is 8.83 Å². The predicted molar refractivity (Wildman–Crippen MR) is 167 cm³/mol. The summed E-state index contributed by atoms with van der Waals surface area (Å²) in [5.41, 5.74) is 7.54. The van der Waals surface area contributed by atoms with Gasteiger partial charge in [0.25, 0.3) is 0 Å². The fraction of sp³-hybridized carbons (Fsp3) is 0. The van der Waals surface area contributed by atoms with Crippen molar-refractivity contribution >= 4 is 65.2 Å². The Labute approximate surface area is 229 Å². The molecule has 0 spiro atoms. The van der Waals surface area contributed by atoms with Crippen molar-refractivity contribution < 1.29 is 8.83 Å². The quantitative estimate of drug-likeness (QED) is 0.216. The van der Waals surface area contributed by atoms with Crippen LogP contribution in [0.1, 0.15) is 0 Å². The first-order valence-electron chi connectivity index (χ1n) is 13.6. The molecule has 2 heterocycles. The molecule has 0 aliphatic carbocycles. The molecule has 0 N–H and O–H groups in total. The maximum atomic E-state index is 6.42. The van der Waals surface area contributed by atoms with E-state index in [1.54, 1.807) is 6.26 Å². The Morgan fingerprint density at radius 1 is 0.400 bits per heavy atom. The molecule has 2 heteroatoms. The predicted octanol–water partition coefficient (Wildman–Crippen LogP) is 11.1. The summed E-state index contributed by atoms with van der Waals surface area (Å²) in [5.74, 6) is 0. The number of rotatable bonds is 2. The summed E-state index contributed by atoms with van der Waals surface area (Å²) >= 11 is 0. The zero-order valence-electron chi connectivity index (χ0n) is 21.5. The van der Waals surface area contributed by atoms with E-state index in [1.807, 2.05) is 18.2 Å². The topological polar surface area (TPSA) is 26.3 Å². The van der Waals surface area contributed by atoms with Gasteiger partial charge in [-0.25, -0.2) is 0 Å². The first-order chi connectivity index (χ1) is 19.8. The van der Waals surface area contributed by atoms with Gasteiger partial charge in [-0.1, -0.05) is 97.1 Å². The molecule has 186 valence electrons. The molecular formula is C38H22O2. The summed E-state index contributed by atoms with van der Waals surface area (Å²) in [6.45, 7) is 0. The highest BCUT2D eigenvalue weighted by Gasteiger charge is 2.19. The smallest absolute Gasteiger partial charge is 0.136 e. The lowest BCUT2D eigenvalue weighted by Crippen LogP contribution is -1.91. The second-order valence-electron chi connectivity index (χ2n) is 10.5. The van der Waals surface area contributed by atoms with E-state index in [-0.39, 0.29) is 0 Å². The molecule has 2 nitrogen and oxygen atoms in total. The van der Waals surface area contributed by atoms with Crippen LogP contribution in [0.4, 0.5) is 0 Å². The van der Waals surface area contributed by atoms with Gasteiger partial charge in [0, 0.05) is 16.2 Å². The molecule has 0 amide bonds. The monoisotopic (exact) mass is 510 g/mol. The highest BCUT2D eigenvalue weighted by molar-refractivity contribution is 6.24. The maximum Gasteiger partial charge on any atom is 0.136 e. The lowest BCUT2D eigenvalue weighted by molar-refractivity contribution is 0.615. The first-order valence-corrected chi connectivity index (χ1v) is 13.6. The summed E-state index contributed by atoms with van der Waals surface area (Å²) in [7, 11) is 0. The van der Waals surface area contributed by atoms with Crippen molar-refractivity contribution in [2.45, 2.75) is 0 Å². The van der Waals surface area contributed by atoms with Crippen LogP contribution in [-0.4, -0.2) is 0 Å². The van der Waals surface area contributed by atoms with E-state index >= 15 is 0 Å². The summed E-state index contributed by atoms with van der Waals surface area (Å²) in [6.07, 6.45) is 1.74. The molecule has 0 saturated carbocycles. The molecule has 0 atom stereocenters. The number of fused-ring (bicyclic) bond motifs is 8. The molecule has 9 rings (SSSR count). The second-order valence-corrected chi connectivity index (χ2v) is 10.5. The highest BCUT2D eigenvalue weighted by atomic mass is 16.3. The Kier molecular flexibility index (Phi) is 4.36. The fourth-order valence-corrected chi connectivity index (χ4v) is 6.65. The van der Waals surface area contributed by atoms with E-state index in [1.165, 1.54) is 49.0 Å². The lowest BCUT2D eigenvalue weighted by atomic mass is 9.84. The van der Waals surface area contributed by atoms with Crippen LogP contribution in [0.15, 0.2) is 142 Å². The van der Waals surface area contributed by atoms with Crippen LogP contribution in [0.2, 0.25) is 0 Å². The molecule has 7 aromatic carbocycles. The van der Waals surface area contributed by atoms with Crippen molar-refractivity contribution in [1.82, 2.24) is 0 Å². The van der Waals surface area contributed by atoms with E-state index < -0.39 is 0 Å². The van der Waals surface area contributed by atoms with Gasteiger partial charge in [-0.05, 0) is 84.9 Å². The third-order valence-electron chi connectivity index (χ3n) is 8.35. The van der Waals surface area contributed by atoms with E-state index in [4.69, 9.17) is 8.83 Å². The zero-order chi connectivity index (χ0) is 26.2. The molecule has 2 aromatic heterocycles. The summed E-state index contributed by atoms with van der Waals surface area (Å²) in [5, 5.41) is 10.8. The minimum Gasteiger partial charge on any atom is -0.464 e. The number of furan rings is 2. The second kappa shape index (κ2) is 8.08. The van der Waals surface area contributed by atoms with Crippen LogP contribution in [0.3, 0.4) is 0 Å².